The van der Waals surface area contributed by atoms with Crippen molar-refractivity contribution in [3.05, 3.63) is 64.1 Å². The number of nitrogen functional groups attached to an aromatic ring is 1. The maximum absolute atomic E-state index is 14.2. The van der Waals surface area contributed by atoms with Gasteiger partial charge in [0.25, 0.3) is 0 Å². The van der Waals surface area contributed by atoms with Crippen LogP contribution >= 0.6 is 11.6 Å². The predicted molar refractivity (Wildman–Crippen MR) is 125 cm³/mol. The number of nitrogens with zero attached hydrogens (tertiary/aromatic N) is 6. The lowest BCUT2D eigenvalue weighted by atomic mass is 9.93. The monoisotopic (exact) mass is 471 g/mol. The molecule has 33 heavy (non-hydrogen) atoms. The highest BCUT2D eigenvalue weighted by molar-refractivity contribution is 6.29. The van der Waals surface area contributed by atoms with E-state index in [-0.39, 0.29) is 17.1 Å². The number of benzene rings is 1. The zero-order chi connectivity index (χ0) is 23.1. The maximum atomic E-state index is 14.2. The van der Waals surface area contributed by atoms with E-state index in [2.05, 4.69) is 30.9 Å². The van der Waals surface area contributed by atoms with E-state index >= 15 is 0 Å². The standard InChI is InChI=1S/C23H24ClF2N7/c1-14-15(12-28-33(14)22-11-21(24)29-23(27)30-22)3-2-6-31-7-8-32-17(13-31)4-5-18-19(26)9-16(25)10-20(18)32/h2-3,9-12,17H,4-8,13H2,1H3,(H2,27,29,30). The number of anilines is 2. The first kappa shape index (κ1) is 21.8. The van der Waals surface area contributed by atoms with E-state index in [0.29, 0.717) is 23.5 Å². The summed E-state index contributed by atoms with van der Waals surface area (Å²) in [5.41, 5.74) is 8.94. The zero-order valence-corrected chi connectivity index (χ0v) is 18.9. The van der Waals surface area contributed by atoms with Crippen LogP contribution in [-0.2, 0) is 6.42 Å². The molecule has 1 unspecified atom stereocenters. The normalized spacial score (nSPS) is 18.5. The fraction of sp³-hybridized carbons (Fsp3) is 0.348. The molecule has 1 aromatic carbocycles. The number of hydrogen-bond acceptors (Lipinski definition) is 6. The number of hydrogen-bond donors (Lipinski definition) is 1. The molecule has 10 heteroatoms. The Labute approximate surface area is 195 Å². The highest BCUT2D eigenvalue weighted by Crippen LogP contribution is 2.35. The molecule has 2 N–H and O–H groups in total. The summed E-state index contributed by atoms with van der Waals surface area (Å²) in [4.78, 5) is 12.6. The topological polar surface area (TPSA) is 76.1 Å². The molecule has 172 valence electrons. The van der Waals surface area contributed by atoms with E-state index < -0.39 is 11.6 Å². The van der Waals surface area contributed by atoms with Crippen LogP contribution in [0, 0.1) is 18.6 Å². The van der Waals surface area contributed by atoms with Crippen molar-refractivity contribution in [2.45, 2.75) is 25.8 Å². The quantitative estimate of drug-likeness (QED) is 0.585. The van der Waals surface area contributed by atoms with Crippen molar-refractivity contribution >= 4 is 29.3 Å². The van der Waals surface area contributed by atoms with Crippen LogP contribution in [-0.4, -0.2) is 56.9 Å². The second-order valence-corrected chi connectivity index (χ2v) is 8.82. The highest BCUT2D eigenvalue weighted by Gasteiger charge is 2.32. The van der Waals surface area contributed by atoms with E-state index in [1.165, 1.54) is 6.07 Å². The van der Waals surface area contributed by atoms with Crippen molar-refractivity contribution in [3.8, 4) is 5.82 Å². The van der Waals surface area contributed by atoms with Gasteiger partial charge in [0.15, 0.2) is 5.82 Å². The average molecular weight is 472 g/mol. The molecule has 0 radical (unpaired) electrons. The Morgan fingerprint density at radius 3 is 2.88 bits per heavy atom. The van der Waals surface area contributed by atoms with Gasteiger partial charge in [-0.05, 0) is 25.8 Å². The minimum Gasteiger partial charge on any atom is -0.368 e. The largest absolute Gasteiger partial charge is 0.368 e. The number of halogens is 3. The summed E-state index contributed by atoms with van der Waals surface area (Å²) in [6.45, 7) is 5.18. The smallest absolute Gasteiger partial charge is 0.223 e. The number of rotatable bonds is 4. The Kier molecular flexibility index (Phi) is 5.76. The summed E-state index contributed by atoms with van der Waals surface area (Å²) in [6, 6.07) is 4.33. The Morgan fingerprint density at radius 2 is 2.06 bits per heavy atom. The summed E-state index contributed by atoms with van der Waals surface area (Å²) in [5.74, 6) is -0.331. The first-order valence-corrected chi connectivity index (χ1v) is 11.3. The van der Waals surface area contributed by atoms with Crippen LogP contribution in [0.25, 0.3) is 11.9 Å². The summed E-state index contributed by atoms with van der Waals surface area (Å²) in [6.07, 6.45) is 7.44. The molecule has 2 aromatic heterocycles. The first-order valence-electron chi connectivity index (χ1n) is 10.9. The second-order valence-electron chi connectivity index (χ2n) is 8.44. The first-order chi connectivity index (χ1) is 15.9. The van der Waals surface area contributed by atoms with E-state index in [4.69, 9.17) is 17.3 Å². The lowest BCUT2D eigenvalue weighted by Gasteiger charge is -2.46. The number of piperazine rings is 1. The molecule has 0 amide bonds. The summed E-state index contributed by atoms with van der Waals surface area (Å²) in [5, 5.41) is 4.67. The lowest BCUT2D eigenvalue weighted by molar-refractivity contribution is 0.233. The van der Waals surface area contributed by atoms with Gasteiger partial charge < -0.3 is 10.6 Å². The molecular weight excluding hydrogens is 448 g/mol. The van der Waals surface area contributed by atoms with E-state index in [9.17, 15) is 8.78 Å². The number of aromatic nitrogens is 4. The predicted octanol–water partition coefficient (Wildman–Crippen LogP) is 3.63. The van der Waals surface area contributed by atoms with Crippen LogP contribution in [0.3, 0.4) is 0 Å². The fourth-order valence-corrected chi connectivity index (χ4v) is 4.92. The van der Waals surface area contributed by atoms with Crippen molar-refractivity contribution < 1.29 is 8.78 Å². The van der Waals surface area contributed by atoms with Crippen LogP contribution in [0.2, 0.25) is 5.15 Å². The third kappa shape index (κ3) is 4.30. The highest BCUT2D eigenvalue weighted by atomic mass is 35.5. The molecule has 0 saturated carbocycles. The van der Waals surface area contributed by atoms with Crippen molar-refractivity contribution in [1.29, 1.82) is 0 Å². The molecule has 3 aromatic rings. The van der Waals surface area contributed by atoms with Crippen LogP contribution < -0.4 is 10.6 Å². The Balaban J connectivity index is 1.24. The van der Waals surface area contributed by atoms with Gasteiger partial charge in [-0.3, -0.25) is 4.90 Å². The van der Waals surface area contributed by atoms with Gasteiger partial charge in [0.2, 0.25) is 5.95 Å². The van der Waals surface area contributed by atoms with Gasteiger partial charge in [0, 0.05) is 61.2 Å². The van der Waals surface area contributed by atoms with Crippen molar-refractivity contribution in [2.24, 2.45) is 0 Å². The third-order valence-electron chi connectivity index (χ3n) is 6.36. The van der Waals surface area contributed by atoms with Gasteiger partial charge in [0.05, 0.1) is 11.9 Å². The van der Waals surface area contributed by atoms with Crippen molar-refractivity contribution in [3.63, 3.8) is 0 Å². The van der Waals surface area contributed by atoms with Gasteiger partial charge in [0.1, 0.15) is 16.8 Å². The van der Waals surface area contributed by atoms with Crippen LogP contribution in [0.5, 0.6) is 0 Å². The van der Waals surface area contributed by atoms with Gasteiger partial charge in [-0.2, -0.15) is 10.1 Å². The van der Waals surface area contributed by atoms with Crippen molar-refractivity contribution in [2.75, 3.05) is 36.8 Å². The third-order valence-corrected chi connectivity index (χ3v) is 6.56. The Hall–Kier alpha value is -3.04. The summed E-state index contributed by atoms with van der Waals surface area (Å²) < 4.78 is 29.6. The van der Waals surface area contributed by atoms with Gasteiger partial charge in [-0.1, -0.05) is 23.8 Å². The van der Waals surface area contributed by atoms with Gasteiger partial charge in [-0.25, -0.2) is 18.4 Å². The molecule has 1 saturated heterocycles. The number of fused-ring (bicyclic) bond motifs is 3. The molecular formula is C23H24ClF2N7. The molecule has 0 spiro atoms. The van der Waals surface area contributed by atoms with Crippen LogP contribution in [0.1, 0.15) is 23.2 Å². The summed E-state index contributed by atoms with van der Waals surface area (Å²) in [7, 11) is 0. The molecule has 2 aliphatic heterocycles. The fourth-order valence-electron chi connectivity index (χ4n) is 4.73. The van der Waals surface area contributed by atoms with Gasteiger partial charge in [-0.15, -0.1) is 0 Å². The lowest BCUT2D eigenvalue weighted by Crippen LogP contribution is -2.55. The minimum absolute atomic E-state index is 0.0967. The SMILES string of the molecule is Cc1c(C=CCN2CCN3c4cc(F)cc(F)c4CCC3C2)cnn1-c1cc(Cl)nc(N)n1. The van der Waals surface area contributed by atoms with Crippen molar-refractivity contribution in [1.82, 2.24) is 24.6 Å². The molecule has 7 nitrogen and oxygen atoms in total. The molecule has 2 aliphatic rings. The van der Waals surface area contributed by atoms with Crippen LogP contribution in [0.4, 0.5) is 20.4 Å². The van der Waals surface area contributed by atoms with E-state index in [1.807, 2.05) is 13.0 Å². The average Bonchev–Trinajstić information content (AvgIpc) is 3.13. The molecule has 4 heterocycles. The minimum atomic E-state index is -0.514. The Morgan fingerprint density at radius 1 is 1.21 bits per heavy atom. The molecule has 1 fully saturated rings. The molecule has 1 atom stereocenters. The zero-order valence-electron chi connectivity index (χ0n) is 18.2. The molecule has 5 rings (SSSR count). The summed E-state index contributed by atoms with van der Waals surface area (Å²) >= 11 is 5.99. The maximum Gasteiger partial charge on any atom is 0.223 e. The van der Waals surface area contributed by atoms with E-state index in [1.54, 1.807) is 16.9 Å². The van der Waals surface area contributed by atoms with E-state index in [0.717, 1.165) is 49.9 Å². The Bertz CT molecular complexity index is 1210. The van der Waals surface area contributed by atoms with Gasteiger partial charge >= 0.3 is 0 Å². The molecule has 0 bridgehead atoms. The number of nitrogens with two attached hydrogens (primary N) is 1. The van der Waals surface area contributed by atoms with Crippen LogP contribution in [0.15, 0.2) is 30.5 Å². The molecule has 0 aliphatic carbocycles. The second kappa shape index (κ2) is 8.72.